The highest BCUT2D eigenvalue weighted by Gasteiger charge is 2.59. The molecule has 1 unspecified atom stereocenters. The smallest absolute Gasteiger partial charge is 0.312 e. The maximum Gasteiger partial charge on any atom is 0.482 e. The van der Waals surface area contributed by atoms with Crippen molar-refractivity contribution in [1.82, 2.24) is 5.32 Å². The number of halogens is 5. The summed E-state index contributed by atoms with van der Waals surface area (Å²) in [6.07, 6.45) is -8.40. The highest BCUT2D eigenvalue weighted by Crippen LogP contribution is 2.36. The minimum Gasteiger partial charge on any atom is -0.312 e. The molecule has 1 aliphatic heterocycles. The fraction of sp³-hybridized carbons (Fsp3) is 1.00. The molecule has 1 rings (SSSR count). The van der Waals surface area contributed by atoms with E-state index in [2.05, 4.69) is 10.1 Å². The van der Waals surface area contributed by atoms with Crippen LogP contribution in [-0.2, 0) is 4.74 Å². The van der Waals surface area contributed by atoms with Crippen molar-refractivity contribution in [1.29, 1.82) is 0 Å². The van der Waals surface area contributed by atoms with Crippen LogP contribution in [0.15, 0.2) is 0 Å². The minimum absolute atomic E-state index is 0.410. The van der Waals surface area contributed by atoms with Crippen molar-refractivity contribution in [2.75, 3.05) is 13.2 Å². The van der Waals surface area contributed by atoms with Crippen LogP contribution in [0, 0.1) is 0 Å². The summed E-state index contributed by atoms with van der Waals surface area (Å²) in [5.41, 5.74) is 0. The summed E-state index contributed by atoms with van der Waals surface area (Å²) in [5, 5.41) is 2.82. The lowest BCUT2D eigenvalue weighted by atomic mass is 10.1. The molecular weight excluding hydrogens is 221 g/mol. The maximum absolute atomic E-state index is 12.3. The maximum atomic E-state index is 12.3. The number of nitrogens with one attached hydrogen (secondary N) is 1. The molecule has 90 valence electrons. The second-order valence-corrected chi connectivity index (χ2v) is 3.47. The highest BCUT2D eigenvalue weighted by atomic mass is 19.4. The van der Waals surface area contributed by atoms with Crippen molar-refractivity contribution in [3.05, 3.63) is 0 Å². The number of piperidine rings is 1. The molecule has 1 aliphatic rings. The van der Waals surface area contributed by atoms with E-state index >= 15 is 0 Å². The summed E-state index contributed by atoms with van der Waals surface area (Å²) in [6, 6.07) is -0.410. The van der Waals surface area contributed by atoms with Crippen molar-refractivity contribution < 1.29 is 26.7 Å². The van der Waals surface area contributed by atoms with E-state index in [1.807, 2.05) is 0 Å². The monoisotopic (exact) mass is 233 g/mol. The first-order valence-corrected chi connectivity index (χ1v) is 4.65. The van der Waals surface area contributed by atoms with Gasteiger partial charge in [0.1, 0.15) is 0 Å². The van der Waals surface area contributed by atoms with Crippen molar-refractivity contribution in [2.45, 2.75) is 37.6 Å². The van der Waals surface area contributed by atoms with Gasteiger partial charge in [-0.1, -0.05) is 6.42 Å². The Kier molecular flexibility index (Phi) is 3.88. The van der Waals surface area contributed by atoms with E-state index in [4.69, 9.17) is 0 Å². The molecule has 0 aromatic heterocycles. The van der Waals surface area contributed by atoms with Crippen molar-refractivity contribution >= 4 is 0 Å². The zero-order chi connectivity index (χ0) is 11.5. The SMILES string of the molecule is FC(F)(F)C(F)(F)OCC1CCCCN1. The second kappa shape index (κ2) is 4.61. The number of ether oxygens (including phenoxy) is 1. The zero-order valence-corrected chi connectivity index (χ0v) is 7.91. The van der Waals surface area contributed by atoms with E-state index in [0.717, 1.165) is 12.8 Å². The van der Waals surface area contributed by atoms with Gasteiger partial charge in [-0.25, -0.2) is 0 Å². The molecular formula is C8H12F5NO. The number of alkyl halides is 5. The van der Waals surface area contributed by atoms with E-state index < -0.39 is 24.9 Å². The standard InChI is InChI=1S/C8H12F5NO/c9-7(10,11)8(12,13)15-5-6-3-1-2-4-14-6/h6,14H,1-5H2. The van der Waals surface area contributed by atoms with E-state index in [9.17, 15) is 22.0 Å². The van der Waals surface area contributed by atoms with Gasteiger partial charge in [0.15, 0.2) is 0 Å². The first-order chi connectivity index (χ1) is 6.83. The Labute approximate surface area is 83.8 Å². The molecule has 7 heteroatoms. The average Bonchev–Trinajstić information content (AvgIpc) is 2.15. The second-order valence-electron chi connectivity index (χ2n) is 3.47. The highest BCUT2D eigenvalue weighted by molar-refractivity contribution is 4.73. The molecule has 0 bridgehead atoms. The van der Waals surface area contributed by atoms with E-state index in [-0.39, 0.29) is 0 Å². The Balaban J connectivity index is 2.35. The lowest BCUT2D eigenvalue weighted by Crippen LogP contribution is -2.44. The Morgan fingerprint density at radius 1 is 1.13 bits per heavy atom. The molecule has 1 fully saturated rings. The Hall–Kier alpha value is -0.430. The van der Waals surface area contributed by atoms with Crippen LogP contribution in [0.25, 0.3) is 0 Å². The van der Waals surface area contributed by atoms with E-state index in [1.54, 1.807) is 0 Å². The quantitative estimate of drug-likeness (QED) is 0.755. The third-order valence-electron chi connectivity index (χ3n) is 2.21. The fourth-order valence-corrected chi connectivity index (χ4v) is 1.35. The van der Waals surface area contributed by atoms with Gasteiger partial charge in [-0.15, -0.1) is 0 Å². The van der Waals surface area contributed by atoms with Gasteiger partial charge in [0, 0.05) is 6.04 Å². The van der Waals surface area contributed by atoms with Gasteiger partial charge in [0.05, 0.1) is 6.61 Å². The van der Waals surface area contributed by atoms with Gasteiger partial charge < -0.3 is 10.1 Å². The molecule has 0 radical (unpaired) electrons. The molecule has 1 saturated heterocycles. The number of rotatable bonds is 3. The largest absolute Gasteiger partial charge is 0.482 e. The van der Waals surface area contributed by atoms with Crippen molar-refractivity contribution in [2.24, 2.45) is 0 Å². The first-order valence-electron chi connectivity index (χ1n) is 4.65. The van der Waals surface area contributed by atoms with Crippen LogP contribution < -0.4 is 5.32 Å². The molecule has 1 N–H and O–H groups in total. The molecule has 0 aliphatic carbocycles. The normalized spacial score (nSPS) is 24.2. The van der Waals surface area contributed by atoms with Gasteiger partial charge in [-0.3, -0.25) is 0 Å². The third-order valence-corrected chi connectivity index (χ3v) is 2.21. The molecule has 0 aromatic rings. The number of hydrogen-bond acceptors (Lipinski definition) is 2. The van der Waals surface area contributed by atoms with Crippen LogP contribution >= 0.6 is 0 Å². The fourth-order valence-electron chi connectivity index (χ4n) is 1.35. The van der Waals surface area contributed by atoms with Crippen LogP contribution in [0.5, 0.6) is 0 Å². The van der Waals surface area contributed by atoms with Crippen LogP contribution in [0.3, 0.4) is 0 Å². The molecule has 0 spiro atoms. The molecule has 0 saturated carbocycles. The zero-order valence-electron chi connectivity index (χ0n) is 7.91. The molecule has 0 amide bonds. The van der Waals surface area contributed by atoms with Gasteiger partial charge in [0.25, 0.3) is 0 Å². The van der Waals surface area contributed by atoms with E-state index in [1.165, 1.54) is 0 Å². The third kappa shape index (κ3) is 3.57. The lowest BCUT2D eigenvalue weighted by molar-refractivity contribution is -0.392. The summed E-state index contributed by atoms with van der Waals surface area (Å²) in [6.45, 7) is 0.0120. The van der Waals surface area contributed by atoms with Crippen LogP contribution in [-0.4, -0.2) is 31.5 Å². The molecule has 1 atom stereocenters. The predicted octanol–water partition coefficient (Wildman–Crippen LogP) is 2.30. The average molecular weight is 233 g/mol. The van der Waals surface area contributed by atoms with Crippen LogP contribution in [0.1, 0.15) is 19.3 Å². The Morgan fingerprint density at radius 2 is 1.80 bits per heavy atom. The summed E-state index contributed by atoms with van der Waals surface area (Å²) in [5.74, 6) is 0. The van der Waals surface area contributed by atoms with Gasteiger partial charge in [-0.2, -0.15) is 22.0 Å². The molecule has 0 aromatic carbocycles. The van der Waals surface area contributed by atoms with Crippen molar-refractivity contribution in [3.8, 4) is 0 Å². The predicted molar refractivity (Wildman–Crippen MR) is 42.6 cm³/mol. The lowest BCUT2D eigenvalue weighted by Gasteiger charge is -2.26. The Morgan fingerprint density at radius 3 is 2.27 bits per heavy atom. The van der Waals surface area contributed by atoms with Gasteiger partial charge >= 0.3 is 12.3 Å². The topological polar surface area (TPSA) is 21.3 Å². The summed E-state index contributed by atoms with van der Waals surface area (Å²) >= 11 is 0. The molecule has 15 heavy (non-hydrogen) atoms. The number of hydrogen-bond donors (Lipinski definition) is 1. The minimum atomic E-state index is -5.64. The molecule has 2 nitrogen and oxygen atoms in total. The van der Waals surface area contributed by atoms with Crippen molar-refractivity contribution in [3.63, 3.8) is 0 Å². The Bertz CT molecular complexity index is 200. The first kappa shape index (κ1) is 12.6. The van der Waals surface area contributed by atoms with Crippen LogP contribution in [0.4, 0.5) is 22.0 Å². The summed E-state index contributed by atoms with van der Waals surface area (Å²) < 4.78 is 63.3. The summed E-state index contributed by atoms with van der Waals surface area (Å²) in [4.78, 5) is 0. The molecule has 1 heterocycles. The van der Waals surface area contributed by atoms with Gasteiger partial charge in [-0.05, 0) is 19.4 Å². The van der Waals surface area contributed by atoms with Crippen LogP contribution in [0.2, 0.25) is 0 Å². The van der Waals surface area contributed by atoms with E-state index in [0.29, 0.717) is 13.0 Å². The summed E-state index contributed by atoms with van der Waals surface area (Å²) in [7, 11) is 0. The van der Waals surface area contributed by atoms with Gasteiger partial charge in [0.2, 0.25) is 0 Å².